The SMILES string of the molecule is CCNC(Cc1c(F)cccc1F)c1cccc(F)c1. The summed E-state index contributed by atoms with van der Waals surface area (Å²) < 4.78 is 40.7. The summed E-state index contributed by atoms with van der Waals surface area (Å²) in [6, 6.07) is 9.52. The number of nitrogens with one attached hydrogen (secondary N) is 1. The van der Waals surface area contributed by atoms with Gasteiger partial charge in [-0.1, -0.05) is 25.1 Å². The molecule has 0 radical (unpaired) electrons. The number of hydrogen-bond donors (Lipinski definition) is 1. The van der Waals surface area contributed by atoms with Crippen LogP contribution in [0.2, 0.25) is 0 Å². The molecule has 2 aromatic rings. The third-order valence-electron chi connectivity index (χ3n) is 3.17. The molecule has 0 fully saturated rings. The quantitative estimate of drug-likeness (QED) is 0.872. The summed E-state index contributed by atoms with van der Waals surface area (Å²) in [5.74, 6) is -1.52. The zero-order chi connectivity index (χ0) is 14.5. The van der Waals surface area contributed by atoms with Gasteiger partial charge in [-0.2, -0.15) is 0 Å². The van der Waals surface area contributed by atoms with Gasteiger partial charge in [0.25, 0.3) is 0 Å². The third-order valence-corrected chi connectivity index (χ3v) is 3.17. The number of likely N-dealkylation sites (N-methyl/N-ethyl adjacent to an activating group) is 1. The molecule has 0 aliphatic heterocycles. The van der Waals surface area contributed by atoms with Crippen LogP contribution in [0, 0.1) is 17.5 Å². The van der Waals surface area contributed by atoms with E-state index < -0.39 is 11.6 Å². The first-order valence-electron chi connectivity index (χ1n) is 6.53. The highest BCUT2D eigenvalue weighted by Gasteiger charge is 2.17. The molecule has 106 valence electrons. The summed E-state index contributed by atoms with van der Waals surface area (Å²) in [5.41, 5.74) is 0.692. The Bertz CT molecular complexity index is 563. The summed E-state index contributed by atoms with van der Waals surface area (Å²) in [6.45, 7) is 2.52. The van der Waals surface area contributed by atoms with Gasteiger partial charge in [-0.25, -0.2) is 13.2 Å². The maximum absolute atomic E-state index is 13.7. The van der Waals surface area contributed by atoms with Gasteiger partial charge >= 0.3 is 0 Å². The lowest BCUT2D eigenvalue weighted by Gasteiger charge is -2.19. The number of hydrogen-bond acceptors (Lipinski definition) is 1. The molecule has 0 saturated heterocycles. The Morgan fingerprint density at radius 1 is 1.00 bits per heavy atom. The van der Waals surface area contributed by atoms with Crippen molar-refractivity contribution in [2.24, 2.45) is 0 Å². The lowest BCUT2D eigenvalue weighted by Crippen LogP contribution is -2.24. The van der Waals surface area contributed by atoms with Crippen molar-refractivity contribution < 1.29 is 13.2 Å². The normalized spacial score (nSPS) is 12.4. The molecule has 0 spiro atoms. The Hall–Kier alpha value is -1.81. The topological polar surface area (TPSA) is 12.0 Å². The molecule has 0 aliphatic carbocycles. The predicted molar refractivity (Wildman–Crippen MR) is 72.9 cm³/mol. The van der Waals surface area contributed by atoms with E-state index in [1.807, 2.05) is 6.92 Å². The fourth-order valence-electron chi connectivity index (χ4n) is 2.21. The predicted octanol–water partition coefficient (Wildman–Crippen LogP) is 4.00. The lowest BCUT2D eigenvalue weighted by atomic mass is 9.98. The molecular formula is C16H16F3N. The molecule has 1 nitrogen and oxygen atoms in total. The van der Waals surface area contributed by atoms with E-state index in [0.717, 1.165) is 0 Å². The first kappa shape index (κ1) is 14.6. The molecule has 1 unspecified atom stereocenters. The average molecular weight is 279 g/mol. The molecule has 2 aromatic carbocycles. The van der Waals surface area contributed by atoms with Gasteiger partial charge in [0.15, 0.2) is 0 Å². The molecule has 20 heavy (non-hydrogen) atoms. The van der Waals surface area contributed by atoms with Gasteiger partial charge in [0, 0.05) is 11.6 Å². The Morgan fingerprint density at radius 3 is 2.25 bits per heavy atom. The van der Waals surface area contributed by atoms with Crippen LogP contribution in [0.25, 0.3) is 0 Å². The second-order valence-corrected chi connectivity index (χ2v) is 4.57. The van der Waals surface area contributed by atoms with Crippen LogP contribution in [-0.2, 0) is 6.42 Å². The first-order chi connectivity index (χ1) is 9.61. The summed E-state index contributed by atoms with van der Waals surface area (Å²) in [7, 11) is 0. The molecule has 2 rings (SSSR count). The number of rotatable bonds is 5. The van der Waals surface area contributed by atoms with Crippen molar-refractivity contribution in [3.05, 3.63) is 71.0 Å². The molecule has 0 saturated carbocycles. The highest BCUT2D eigenvalue weighted by atomic mass is 19.1. The van der Waals surface area contributed by atoms with Crippen LogP contribution in [-0.4, -0.2) is 6.54 Å². The zero-order valence-corrected chi connectivity index (χ0v) is 11.2. The van der Waals surface area contributed by atoms with Crippen LogP contribution in [0.4, 0.5) is 13.2 Å². The maximum atomic E-state index is 13.7. The minimum absolute atomic E-state index is 0.0164. The molecule has 0 aromatic heterocycles. The first-order valence-corrected chi connectivity index (χ1v) is 6.53. The van der Waals surface area contributed by atoms with Gasteiger partial charge in [-0.15, -0.1) is 0 Å². The minimum atomic E-state index is -0.579. The van der Waals surface area contributed by atoms with Crippen LogP contribution in [0.1, 0.15) is 24.1 Å². The van der Waals surface area contributed by atoms with Gasteiger partial charge in [0.2, 0.25) is 0 Å². The van der Waals surface area contributed by atoms with E-state index in [1.54, 1.807) is 12.1 Å². The van der Waals surface area contributed by atoms with Crippen LogP contribution in [0.5, 0.6) is 0 Å². The van der Waals surface area contributed by atoms with Crippen molar-refractivity contribution in [1.29, 1.82) is 0 Å². The molecular weight excluding hydrogens is 263 g/mol. The Morgan fingerprint density at radius 2 is 1.65 bits per heavy atom. The van der Waals surface area contributed by atoms with Crippen molar-refractivity contribution in [1.82, 2.24) is 5.32 Å². The number of benzene rings is 2. The second-order valence-electron chi connectivity index (χ2n) is 4.57. The largest absolute Gasteiger partial charge is 0.310 e. The summed E-state index contributed by atoms with van der Waals surface area (Å²) in [6.07, 6.45) is 0.135. The van der Waals surface area contributed by atoms with Crippen LogP contribution in [0.15, 0.2) is 42.5 Å². The van der Waals surface area contributed by atoms with Gasteiger partial charge in [-0.05, 0) is 42.8 Å². The second kappa shape index (κ2) is 6.57. The van der Waals surface area contributed by atoms with E-state index in [1.165, 1.54) is 30.3 Å². The molecule has 4 heteroatoms. The molecule has 0 heterocycles. The Balaban J connectivity index is 2.30. The third kappa shape index (κ3) is 3.39. The molecule has 0 amide bonds. The van der Waals surface area contributed by atoms with Crippen molar-refractivity contribution in [3.8, 4) is 0 Å². The van der Waals surface area contributed by atoms with E-state index in [-0.39, 0.29) is 23.8 Å². The van der Waals surface area contributed by atoms with E-state index >= 15 is 0 Å². The van der Waals surface area contributed by atoms with E-state index in [9.17, 15) is 13.2 Å². The van der Waals surface area contributed by atoms with Gasteiger partial charge in [0.05, 0.1) is 0 Å². The summed E-state index contributed by atoms with van der Waals surface area (Å²) in [5, 5.41) is 3.13. The summed E-state index contributed by atoms with van der Waals surface area (Å²) in [4.78, 5) is 0. The molecule has 1 N–H and O–H groups in total. The van der Waals surface area contributed by atoms with E-state index in [2.05, 4.69) is 5.32 Å². The van der Waals surface area contributed by atoms with Crippen molar-refractivity contribution in [2.45, 2.75) is 19.4 Å². The lowest BCUT2D eigenvalue weighted by molar-refractivity contribution is 0.497. The van der Waals surface area contributed by atoms with E-state index in [4.69, 9.17) is 0 Å². The maximum Gasteiger partial charge on any atom is 0.129 e. The fourth-order valence-corrected chi connectivity index (χ4v) is 2.21. The Labute approximate surface area is 116 Å². The van der Waals surface area contributed by atoms with Crippen molar-refractivity contribution in [2.75, 3.05) is 6.54 Å². The smallest absolute Gasteiger partial charge is 0.129 e. The Kier molecular flexibility index (Phi) is 4.79. The van der Waals surface area contributed by atoms with Crippen LogP contribution < -0.4 is 5.32 Å². The van der Waals surface area contributed by atoms with E-state index in [0.29, 0.717) is 12.1 Å². The van der Waals surface area contributed by atoms with Crippen LogP contribution >= 0.6 is 0 Å². The molecule has 1 atom stereocenters. The standard InChI is InChI=1S/C16H16F3N/c1-2-20-16(11-5-3-6-12(17)9-11)10-13-14(18)7-4-8-15(13)19/h3-9,16,20H,2,10H2,1H3. The minimum Gasteiger partial charge on any atom is -0.310 e. The van der Waals surface area contributed by atoms with Crippen LogP contribution in [0.3, 0.4) is 0 Å². The fraction of sp³-hybridized carbons (Fsp3) is 0.250. The highest BCUT2D eigenvalue weighted by Crippen LogP contribution is 2.22. The number of halogens is 3. The zero-order valence-electron chi connectivity index (χ0n) is 11.2. The molecule has 0 bridgehead atoms. The highest BCUT2D eigenvalue weighted by molar-refractivity contribution is 5.26. The monoisotopic (exact) mass is 279 g/mol. The van der Waals surface area contributed by atoms with Crippen molar-refractivity contribution >= 4 is 0 Å². The van der Waals surface area contributed by atoms with Gasteiger partial charge in [0.1, 0.15) is 17.5 Å². The molecule has 0 aliphatic rings. The van der Waals surface area contributed by atoms with Crippen molar-refractivity contribution in [3.63, 3.8) is 0 Å². The average Bonchev–Trinajstić information content (AvgIpc) is 2.42. The van der Waals surface area contributed by atoms with Gasteiger partial charge in [-0.3, -0.25) is 0 Å². The summed E-state index contributed by atoms with van der Waals surface area (Å²) >= 11 is 0. The van der Waals surface area contributed by atoms with Gasteiger partial charge < -0.3 is 5.32 Å².